The van der Waals surface area contributed by atoms with Crippen LogP contribution >= 0.6 is 0 Å². The van der Waals surface area contributed by atoms with Gasteiger partial charge >= 0.3 is 5.97 Å². The normalized spacial score (nSPS) is 10.0. The molecule has 0 aliphatic carbocycles. The number of methoxy groups -OCH3 is 1. The molecule has 2 aromatic rings. The molecule has 26 heavy (non-hydrogen) atoms. The molecule has 0 spiro atoms. The number of hydrogen-bond acceptors (Lipinski definition) is 6. The van der Waals surface area contributed by atoms with Crippen LogP contribution in [0.15, 0.2) is 48.5 Å². The Morgan fingerprint density at radius 3 is 2.46 bits per heavy atom. The number of anilines is 1. The first-order valence-electron chi connectivity index (χ1n) is 7.81. The quantitative estimate of drug-likeness (QED) is 0.442. The lowest BCUT2D eigenvalue weighted by Crippen LogP contribution is -2.21. The summed E-state index contributed by atoms with van der Waals surface area (Å²) in [4.78, 5) is 33.6. The predicted octanol–water partition coefficient (Wildman–Crippen LogP) is 2.72. The van der Waals surface area contributed by atoms with Crippen LogP contribution in [0.1, 0.15) is 12.0 Å². The molecule has 136 valence electrons. The highest BCUT2D eigenvalue weighted by Gasteiger charge is 2.11. The Morgan fingerprint density at radius 2 is 1.81 bits per heavy atom. The van der Waals surface area contributed by atoms with E-state index in [-0.39, 0.29) is 12.1 Å². The third-order valence-electron chi connectivity index (χ3n) is 3.52. The Hall–Kier alpha value is -3.42. The molecule has 1 N–H and O–H groups in total. The highest BCUT2D eigenvalue weighted by molar-refractivity contribution is 5.92. The van der Waals surface area contributed by atoms with Gasteiger partial charge in [0.15, 0.2) is 6.61 Å². The van der Waals surface area contributed by atoms with E-state index in [4.69, 9.17) is 9.47 Å². The third kappa shape index (κ3) is 5.59. The van der Waals surface area contributed by atoms with E-state index in [0.29, 0.717) is 17.9 Å². The predicted molar refractivity (Wildman–Crippen MR) is 94.0 cm³/mol. The van der Waals surface area contributed by atoms with Gasteiger partial charge in [0, 0.05) is 24.2 Å². The minimum absolute atomic E-state index is 0.0780. The molecule has 0 unspecified atom stereocenters. The largest absolute Gasteiger partial charge is 0.496 e. The van der Waals surface area contributed by atoms with E-state index >= 15 is 0 Å². The van der Waals surface area contributed by atoms with E-state index in [1.807, 2.05) is 18.2 Å². The summed E-state index contributed by atoms with van der Waals surface area (Å²) < 4.78 is 10.1. The first-order chi connectivity index (χ1) is 12.5. The second-order valence-electron chi connectivity index (χ2n) is 5.32. The maximum absolute atomic E-state index is 11.8. The van der Waals surface area contributed by atoms with Crippen molar-refractivity contribution in [2.75, 3.05) is 19.0 Å². The van der Waals surface area contributed by atoms with Gasteiger partial charge in [-0.15, -0.1) is 0 Å². The first kappa shape index (κ1) is 18.9. The van der Waals surface area contributed by atoms with Gasteiger partial charge in [0.1, 0.15) is 5.75 Å². The molecule has 0 bridgehead atoms. The van der Waals surface area contributed by atoms with Crippen LogP contribution in [0.4, 0.5) is 11.4 Å². The van der Waals surface area contributed by atoms with Crippen molar-refractivity contribution in [2.45, 2.75) is 12.8 Å². The summed E-state index contributed by atoms with van der Waals surface area (Å²) in [6.07, 6.45) is 0.554. The van der Waals surface area contributed by atoms with Crippen LogP contribution in [0.2, 0.25) is 0 Å². The fourth-order valence-electron chi connectivity index (χ4n) is 2.23. The second kappa shape index (κ2) is 9.16. The van der Waals surface area contributed by atoms with Gasteiger partial charge in [-0.05, 0) is 30.2 Å². The zero-order valence-corrected chi connectivity index (χ0v) is 14.1. The van der Waals surface area contributed by atoms with Crippen LogP contribution in [0.5, 0.6) is 5.75 Å². The number of nitrogens with zero attached hydrogens (tertiary/aromatic N) is 1. The molecular weight excluding hydrogens is 340 g/mol. The SMILES string of the molecule is COc1ccccc1CCC(=O)OCC(=O)Nc1ccc([N+](=O)[O-])cc1. The van der Waals surface area contributed by atoms with Gasteiger partial charge in [0.2, 0.25) is 0 Å². The van der Waals surface area contributed by atoms with Crippen molar-refractivity contribution in [3.63, 3.8) is 0 Å². The summed E-state index contributed by atoms with van der Waals surface area (Å²) in [6.45, 7) is -0.429. The summed E-state index contributed by atoms with van der Waals surface area (Å²) in [6, 6.07) is 12.7. The molecule has 1 amide bonds. The molecule has 0 heterocycles. The lowest BCUT2D eigenvalue weighted by atomic mass is 10.1. The van der Waals surface area contributed by atoms with E-state index in [9.17, 15) is 19.7 Å². The van der Waals surface area contributed by atoms with Gasteiger partial charge < -0.3 is 14.8 Å². The molecule has 2 rings (SSSR count). The van der Waals surface area contributed by atoms with E-state index in [1.165, 1.54) is 24.3 Å². The van der Waals surface area contributed by atoms with Crippen molar-refractivity contribution in [1.82, 2.24) is 0 Å². The Balaban J connectivity index is 1.76. The minimum atomic E-state index is -0.533. The van der Waals surface area contributed by atoms with Gasteiger partial charge in [-0.25, -0.2) is 0 Å². The van der Waals surface area contributed by atoms with Crippen LogP contribution in [0.25, 0.3) is 0 Å². The third-order valence-corrected chi connectivity index (χ3v) is 3.52. The van der Waals surface area contributed by atoms with E-state index in [1.54, 1.807) is 13.2 Å². The molecule has 0 aromatic heterocycles. The fraction of sp³-hybridized carbons (Fsp3) is 0.222. The maximum atomic E-state index is 11.8. The van der Waals surface area contributed by atoms with Crippen molar-refractivity contribution in [3.8, 4) is 5.75 Å². The molecular formula is C18H18N2O6. The van der Waals surface area contributed by atoms with Crippen LogP contribution < -0.4 is 10.1 Å². The number of nitro benzene ring substituents is 1. The highest BCUT2D eigenvalue weighted by Crippen LogP contribution is 2.19. The molecule has 2 aromatic carbocycles. The Morgan fingerprint density at radius 1 is 1.12 bits per heavy atom. The first-order valence-corrected chi connectivity index (χ1v) is 7.81. The standard InChI is InChI=1S/C18H18N2O6/c1-25-16-5-3-2-4-13(16)6-11-18(22)26-12-17(21)19-14-7-9-15(10-8-14)20(23)24/h2-5,7-10H,6,11-12H2,1H3,(H,19,21). The molecule has 0 atom stereocenters. The maximum Gasteiger partial charge on any atom is 0.306 e. The van der Waals surface area contributed by atoms with Gasteiger partial charge in [-0.3, -0.25) is 19.7 Å². The summed E-state index contributed by atoms with van der Waals surface area (Å²) >= 11 is 0. The molecule has 8 nitrogen and oxygen atoms in total. The van der Waals surface area contributed by atoms with Gasteiger partial charge in [0.05, 0.1) is 12.0 Å². The number of esters is 1. The van der Waals surface area contributed by atoms with Gasteiger partial charge in [0.25, 0.3) is 11.6 Å². The van der Waals surface area contributed by atoms with Crippen LogP contribution in [0.3, 0.4) is 0 Å². The minimum Gasteiger partial charge on any atom is -0.496 e. The lowest BCUT2D eigenvalue weighted by Gasteiger charge is -2.08. The van der Waals surface area contributed by atoms with E-state index < -0.39 is 23.4 Å². The highest BCUT2D eigenvalue weighted by atomic mass is 16.6. The number of para-hydroxylation sites is 1. The molecule has 0 aliphatic heterocycles. The summed E-state index contributed by atoms with van der Waals surface area (Å²) in [7, 11) is 1.56. The number of rotatable bonds is 8. The monoisotopic (exact) mass is 358 g/mol. The number of ether oxygens (including phenoxy) is 2. The number of aryl methyl sites for hydroxylation is 1. The van der Waals surface area contributed by atoms with Crippen LogP contribution in [0, 0.1) is 10.1 Å². The number of non-ortho nitro benzene ring substituents is 1. The Labute approximate surface area is 149 Å². The van der Waals surface area contributed by atoms with E-state index in [2.05, 4.69) is 5.32 Å². The second-order valence-corrected chi connectivity index (χ2v) is 5.32. The number of amides is 1. The smallest absolute Gasteiger partial charge is 0.306 e. The fourth-order valence-corrected chi connectivity index (χ4v) is 2.23. The summed E-state index contributed by atoms with van der Waals surface area (Å²) in [5.74, 6) is -0.338. The average molecular weight is 358 g/mol. The van der Waals surface area contributed by atoms with Crippen molar-refractivity contribution in [2.24, 2.45) is 0 Å². The number of nitro groups is 1. The number of hydrogen-bond donors (Lipinski definition) is 1. The van der Waals surface area contributed by atoms with Crippen molar-refractivity contribution < 1.29 is 24.0 Å². The molecule has 8 heteroatoms. The van der Waals surface area contributed by atoms with Gasteiger partial charge in [-0.1, -0.05) is 18.2 Å². The van der Waals surface area contributed by atoms with Gasteiger partial charge in [-0.2, -0.15) is 0 Å². The average Bonchev–Trinajstić information content (AvgIpc) is 2.65. The Bertz CT molecular complexity index is 789. The topological polar surface area (TPSA) is 108 Å². The number of carbonyl (C=O) groups excluding carboxylic acids is 2. The molecule has 0 radical (unpaired) electrons. The zero-order valence-electron chi connectivity index (χ0n) is 14.1. The van der Waals surface area contributed by atoms with Crippen molar-refractivity contribution >= 4 is 23.3 Å². The summed E-state index contributed by atoms with van der Waals surface area (Å²) in [5.41, 5.74) is 1.18. The molecule has 0 saturated carbocycles. The lowest BCUT2D eigenvalue weighted by molar-refractivity contribution is -0.384. The van der Waals surface area contributed by atoms with Crippen LogP contribution in [-0.4, -0.2) is 30.5 Å². The van der Waals surface area contributed by atoms with Crippen molar-refractivity contribution in [3.05, 3.63) is 64.2 Å². The van der Waals surface area contributed by atoms with Crippen LogP contribution in [-0.2, 0) is 20.7 Å². The molecule has 0 aliphatic rings. The summed E-state index contributed by atoms with van der Waals surface area (Å²) in [5, 5.41) is 13.1. The van der Waals surface area contributed by atoms with E-state index in [0.717, 1.165) is 5.56 Å². The molecule has 0 saturated heterocycles. The number of carbonyl (C=O) groups is 2. The van der Waals surface area contributed by atoms with Crippen molar-refractivity contribution in [1.29, 1.82) is 0 Å². The number of nitrogens with one attached hydrogen (secondary N) is 1. The number of benzene rings is 2. The molecule has 0 fully saturated rings. The Kier molecular flexibility index (Phi) is 6.67. The zero-order chi connectivity index (χ0) is 18.9.